The molecule has 1 N–H and O–H groups in total. The smallest absolute Gasteiger partial charge is 0.251 e. The van der Waals surface area contributed by atoms with Gasteiger partial charge in [0.1, 0.15) is 6.10 Å². The lowest BCUT2D eigenvalue weighted by molar-refractivity contribution is -0.141. The summed E-state index contributed by atoms with van der Waals surface area (Å²) in [7, 11) is 1.53. The van der Waals surface area contributed by atoms with Gasteiger partial charge in [-0.05, 0) is 13.3 Å². The zero-order valence-electron chi connectivity index (χ0n) is 10.1. The number of likely N-dealkylation sites (tertiary alicyclic amines) is 1. The molecule has 92 valence electrons. The summed E-state index contributed by atoms with van der Waals surface area (Å²) in [5.74, 6) is 0.185. The minimum atomic E-state index is -0.398. The minimum Gasteiger partial charge on any atom is -0.411 e. The maximum Gasteiger partial charge on any atom is 0.251 e. The summed E-state index contributed by atoms with van der Waals surface area (Å²) in [5.41, 5.74) is 0.802. The summed E-state index contributed by atoms with van der Waals surface area (Å²) in [6.07, 6.45) is 1.13. The average Bonchev–Trinajstić information content (AvgIpc) is 2.35. The van der Waals surface area contributed by atoms with E-state index in [4.69, 9.17) is 9.94 Å². The quantitative estimate of drug-likeness (QED) is 0.581. The predicted molar refractivity (Wildman–Crippen MR) is 60.7 cm³/mol. The van der Waals surface area contributed by atoms with E-state index < -0.39 is 6.10 Å². The summed E-state index contributed by atoms with van der Waals surface area (Å²) < 4.78 is 5.02. The van der Waals surface area contributed by atoms with Gasteiger partial charge in [0.2, 0.25) is 0 Å². The van der Waals surface area contributed by atoms with Crippen LogP contribution in [0.1, 0.15) is 26.7 Å². The van der Waals surface area contributed by atoms with Crippen molar-refractivity contribution in [1.82, 2.24) is 4.90 Å². The van der Waals surface area contributed by atoms with Gasteiger partial charge in [0.25, 0.3) is 5.91 Å². The third-order valence-corrected chi connectivity index (χ3v) is 3.18. The molecular formula is C11H20N2O3. The number of carbonyl (C=O) groups is 1. The van der Waals surface area contributed by atoms with Crippen LogP contribution in [0.4, 0.5) is 0 Å². The first-order valence-corrected chi connectivity index (χ1v) is 5.66. The molecule has 1 saturated heterocycles. The number of ether oxygens (including phenoxy) is 1. The highest BCUT2D eigenvalue weighted by molar-refractivity contribution is 5.90. The molecule has 1 heterocycles. The van der Waals surface area contributed by atoms with E-state index >= 15 is 0 Å². The van der Waals surface area contributed by atoms with Gasteiger partial charge < -0.3 is 14.8 Å². The van der Waals surface area contributed by atoms with Crippen molar-refractivity contribution in [2.45, 2.75) is 32.8 Å². The largest absolute Gasteiger partial charge is 0.411 e. The summed E-state index contributed by atoms with van der Waals surface area (Å²) in [6, 6.07) is 0. The molecule has 0 aromatic rings. The number of piperidine rings is 1. The second-order valence-electron chi connectivity index (χ2n) is 4.11. The van der Waals surface area contributed by atoms with Crippen LogP contribution in [0.5, 0.6) is 0 Å². The van der Waals surface area contributed by atoms with Crippen molar-refractivity contribution in [1.29, 1.82) is 0 Å². The minimum absolute atomic E-state index is 0.0120. The van der Waals surface area contributed by atoms with Gasteiger partial charge in [0.05, 0.1) is 5.71 Å². The monoisotopic (exact) mass is 228 g/mol. The lowest BCUT2D eigenvalue weighted by Gasteiger charge is -2.34. The Bertz CT molecular complexity index is 278. The second kappa shape index (κ2) is 5.84. The van der Waals surface area contributed by atoms with Crippen molar-refractivity contribution in [2.75, 3.05) is 20.2 Å². The zero-order valence-corrected chi connectivity index (χ0v) is 10.1. The van der Waals surface area contributed by atoms with Gasteiger partial charge in [0, 0.05) is 32.5 Å². The Kier molecular flexibility index (Phi) is 4.73. The SMILES string of the molecule is CCC1CN(C(=O)C(C)OC)CCC1=NO. The number of hydrogen-bond acceptors (Lipinski definition) is 4. The molecule has 0 spiro atoms. The molecule has 0 aromatic carbocycles. The third-order valence-electron chi connectivity index (χ3n) is 3.18. The normalized spacial score (nSPS) is 25.8. The van der Waals surface area contributed by atoms with Crippen LogP contribution < -0.4 is 0 Å². The topological polar surface area (TPSA) is 62.1 Å². The fourth-order valence-corrected chi connectivity index (χ4v) is 1.97. The fourth-order valence-electron chi connectivity index (χ4n) is 1.97. The van der Waals surface area contributed by atoms with Crippen LogP contribution in [0.25, 0.3) is 0 Å². The Balaban J connectivity index is 2.64. The van der Waals surface area contributed by atoms with Gasteiger partial charge in [-0.3, -0.25) is 4.79 Å². The van der Waals surface area contributed by atoms with Gasteiger partial charge in [-0.25, -0.2) is 0 Å². The van der Waals surface area contributed by atoms with E-state index in [0.29, 0.717) is 19.5 Å². The number of carbonyl (C=O) groups excluding carboxylic acids is 1. The van der Waals surface area contributed by atoms with E-state index in [9.17, 15) is 4.79 Å². The highest BCUT2D eigenvalue weighted by atomic mass is 16.5. The van der Waals surface area contributed by atoms with Gasteiger partial charge >= 0.3 is 0 Å². The van der Waals surface area contributed by atoms with Crippen molar-refractivity contribution in [3.8, 4) is 0 Å². The number of nitrogens with zero attached hydrogens (tertiary/aromatic N) is 2. The zero-order chi connectivity index (χ0) is 12.1. The van der Waals surface area contributed by atoms with Crippen LogP contribution in [0.15, 0.2) is 5.16 Å². The lowest BCUT2D eigenvalue weighted by atomic mass is 9.93. The molecule has 0 bridgehead atoms. The Morgan fingerprint density at radius 1 is 1.75 bits per heavy atom. The Morgan fingerprint density at radius 3 is 2.94 bits per heavy atom. The van der Waals surface area contributed by atoms with E-state index in [1.54, 1.807) is 11.8 Å². The van der Waals surface area contributed by atoms with Crippen LogP contribution in [0.3, 0.4) is 0 Å². The number of rotatable bonds is 3. The molecule has 5 nitrogen and oxygen atoms in total. The molecule has 1 fully saturated rings. The van der Waals surface area contributed by atoms with Gasteiger partial charge in [0.15, 0.2) is 0 Å². The number of methoxy groups -OCH3 is 1. The van der Waals surface area contributed by atoms with Crippen molar-refractivity contribution in [2.24, 2.45) is 11.1 Å². The Labute approximate surface area is 96.1 Å². The Hall–Kier alpha value is -1.10. The van der Waals surface area contributed by atoms with E-state index in [0.717, 1.165) is 12.1 Å². The first kappa shape index (κ1) is 13.0. The number of hydrogen-bond donors (Lipinski definition) is 1. The van der Waals surface area contributed by atoms with Crippen molar-refractivity contribution < 1.29 is 14.7 Å². The molecule has 0 radical (unpaired) electrons. The van der Waals surface area contributed by atoms with E-state index in [1.807, 2.05) is 6.92 Å². The predicted octanol–water partition coefficient (Wildman–Crippen LogP) is 1.11. The van der Waals surface area contributed by atoms with Gasteiger partial charge in [-0.2, -0.15) is 0 Å². The molecule has 0 aliphatic carbocycles. The van der Waals surface area contributed by atoms with E-state index in [2.05, 4.69) is 5.16 Å². The molecule has 2 atom stereocenters. The standard InChI is InChI=1S/C11H20N2O3/c1-4-9-7-13(6-5-10(9)12-15)11(14)8(2)16-3/h8-9,15H,4-7H2,1-3H3. The summed E-state index contributed by atoms with van der Waals surface area (Å²) >= 11 is 0. The molecule has 5 heteroatoms. The van der Waals surface area contributed by atoms with E-state index in [-0.39, 0.29) is 11.8 Å². The fraction of sp³-hybridized carbons (Fsp3) is 0.818. The van der Waals surface area contributed by atoms with Crippen LogP contribution >= 0.6 is 0 Å². The van der Waals surface area contributed by atoms with Crippen molar-refractivity contribution in [3.63, 3.8) is 0 Å². The number of amides is 1. The van der Waals surface area contributed by atoms with Crippen LogP contribution in [0.2, 0.25) is 0 Å². The average molecular weight is 228 g/mol. The highest BCUT2D eigenvalue weighted by Gasteiger charge is 2.29. The summed E-state index contributed by atoms with van der Waals surface area (Å²) in [4.78, 5) is 13.7. The van der Waals surface area contributed by atoms with Gasteiger partial charge in [-0.1, -0.05) is 12.1 Å². The molecule has 2 unspecified atom stereocenters. The molecule has 1 rings (SSSR count). The van der Waals surface area contributed by atoms with E-state index in [1.165, 1.54) is 7.11 Å². The number of oxime groups is 1. The van der Waals surface area contributed by atoms with Crippen LogP contribution in [0, 0.1) is 5.92 Å². The van der Waals surface area contributed by atoms with Crippen molar-refractivity contribution >= 4 is 11.6 Å². The maximum absolute atomic E-state index is 11.9. The summed E-state index contributed by atoms with van der Waals surface area (Å²) in [6.45, 7) is 5.02. The molecule has 1 amide bonds. The van der Waals surface area contributed by atoms with Gasteiger partial charge in [-0.15, -0.1) is 0 Å². The Morgan fingerprint density at radius 2 is 2.44 bits per heavy atom. The maximum atomic E-state index is 11.9. The molecule has 1 aliphatic rings. The molecule has 16 heavy (non-hydrogen) atoms. The summed E-state index contributed by atoms with van der Waals surface area (Å²) in [5, 5.41) is 12.1. The highest BCUT2D eigenvalue weighted by Crippen LogP contribution is 2.18. The molecule has 0 saturated carbocycles. The molecule has 1 aliphatic heterocycles. The second-order valence-corrected chi connectivity index (χ2v) is 4.11. The van der Waals surface area contributed by atoms with Crippen LogP contribution in [-0.4, -0.2) is 48.0 Å². The first-order valence-electron chi connectivity index (χ1n) is 5.66. The molecule has 0 aromatic heterocycles. The van der Waals surface area contributed by atoms with Crippen molar-refractivity contribution in [3.05, 3.63) is 0 Å². The lowest BCUT2D eigenvalue weighted by Crippen LogP contribution is -2.47. The van der Waals surface area contributed by atoms with Crippen LogP contribution in [-0.2, 0) is 9.53 Å². The first-order chi connectivity index (χ1) is 7.63. The third kappa shape index (κ3) is 2.72. The molecular weight excluding hydrogens is 208 g/mol.